The third-order valence-electron chi connectivity index (χ3n) is 5.28. The largest absolute Gasteiger partial charge is 0.480 e. The summed E-state index contributed by atoms with van der Waals surface area (Å²) in [4.78, 5) is 8.61. The molecule has 6 rings (SSSR count). The number of aromatic nitrogens is 6. The van der Waals surface area contributed by atoms with E-state index in [0.29, 0.717) is 11.0 Å². The molecule has 0 spiro atoms. The number of benzene rings is 1. The number of rotatable bonds is 2. The topological polar surface area (TPSA) is 90.6 Å². The van der Waals surface area contributed by atoms with Crippen LogP contribution in [-0.4, -0.2) is 30.2 Å². The summed E-state index contributed by atoms with van der Waals surface area (Å²) in [6.45, 7) is 0. The molecule has 2 aliphatic rings. The third-order valence-corrected chi connectivity index (χ3v) is 5.52. The van der Waals surface area contributed by atoms with Gasteiger partial charge in [0.1, 0.15) is 11.8 Å². The number of hydrogen-bond acceptors (Lipinski definition) is 7. The maximum Gasteiger partial charge on any atom is 0.248 e. The van der Waals surface area contributed by atoms with E-state index in [-0.39, 0.29) is 6.04 Å². The maximum atomic E-state index is 6.49. The highest BCUT2D eigenvalue weighted by Crippen LogP contribution is 2.50. The van der Waals surface area contributed by atoms with E-state index in [1.807, 2.05) is 54.9 Å². The molecular formula is C21H14ClN7O. The Labute approximate surface area is 176 Å². The molecule has 2 atom stereocenters. The summed E-state index contributed by atoms with van der Waals surface area (Å²) in [5.41, 5.74) is 4.58. The molecule has 2 aliphatic heterocycles. The van der Waals surface area contributed by atoms with Crippen molar-refractivity contribution in [3.63, 3.8) is 0 Å². The van der Waals surface area contributed by atoms with Crippen LogP contribution in [0, 0.1) is 0 Å². The van der Waals surface area contributed by atoms with E-state index >= 15 is 0 Å². The highest BCUT2D eigenvalue weighted by molar-refractivity contribution is 6.30. The van der Waals surface area contributed by atoms with Gasteiger partial charge in [0.25, 0.3) is 0 Å². The first-order chi connectivity index (χ1) is 14.8. The molecule has 0 fully saturated rings. The monoisotopic (exact) mass is 415 g/mol. The van der Waals surface area contributed by atoms with Gasteiger partial charge in [-0.05, 0) is 46.3 Å². The smallest absolute Gasteiger partial charge is 0.248 e. The summed E-state index contributed by atoms with van der Waals surface area (Å²) in [6.07, 6.45) is 6.72. The second kappa shape index (κ2) is 6.64. The minimum absolute atomic E-state index is 0.308. The molecule has 30 heavy (non-hydrogen) atoms. The molecule has 1 N–H and O–H groups in total. The van der Waals surface area contributed by atoms with Gasteiger partial charge in [-0.15, -0.1) is 0 Å². The van der Waals surface area contributed by atoms with Crippen LogP contribution in [0.3, 0.4) is 0 Å². The van der Waals surface area contributed by atoms with Crippen LogP contribution >= 0.6 is 11.6 Å². The number of pyridine rings is 2. The van der Waals surface area contributed by atoms with Gasteiger partial charge in [-0.2, -0.15) is 4.68 Å². The van der Waals surface area contributed by atoms with Crippen LogP contribution in [-0.2, 0) is 0 Å². The Kier molecular flexibility index (Phi) is 3.78. The minimum Gasteiger partial charge on any atom is -0.480 e. The van der Waals surface area contributed by atoms with Gasteiger partial charge in [0.15, 0.2) is 6.10 Å². The lowest BCUT2D eigenvalue weighted by molar-refractivity contribution is 0.222. The van der Waals surface area contributed by atoms with E-state index in [1.54, 1.807) is 17.1 Å². The fourth-order valence-corrected chi connectivity index (χ4v) is 4.20. The summed E-state index contributed by atoms with van der Waals surface area (Å²) in [6, 6.07) is 13.1. The van der Waals surface area contributed by atoms with Crippen molar-refractivity contribution in [1.82, 2.24) is 30.2 Å². The van der Waals surface area contributed by atoms with Gasteiger partial charge in [0, 0.05) is 46.5 Å². The first-order valence-electron chi connectivity index (χ1n) is 9.35. The molecule has 0 amide bonds. The number of halogens is 1. The average molecular weight is 416 g/mol. The van der Waals surface area contributed by atoms with Gasteiger partial charge in [-0.1, -0.05) is 28.8 Å². The SMILES string of the molecule is Clc1ccc2c(c1)C1=C([C@H](c3cccnc3)O2)[C@H](c2cccnc2)n2nnnc2N1. The fourth-order valence-electron chi connectivity index (χ4n) is 4.03. The number of hydrogen-bond donors (Lipinski definition) is 1. The van der Waals surface area contributed by atoms with Crippen molar-refractivity contribution < 1.29 is 4.74 Å². The van der Waals surface area contributed by atoms with Gasteiger partial charge >= 0.3 is 0 Å². The molecule has 0 saturated carbocycles. The molecule has 146 valence electrons. The number of fused-ring (bicyclic) bond motifs is 3. The summed E-state index contributed by atoms with van der Waals surface area (Å²) in [5, 5.41) is 16.3. The molecule has 9 heteroatoms. The Morgan fingerprint density at radius 3 is 2.57 bits per heavy atom. The Hall–Kier alpha value is -3.78. The number of ether oxygens (including phenoxy) is 1. The molecule has 5 heterocycles. The Morgan fingerprint density at radius 2 is 1.80 bits per heavy atom. The Balaban J connectivity index is 1.65. The molecule has 0 unspecified atom stereocenters. The van der Waals surface area contributed by atoms with Crippen molar-refractivity contribution in [2.45, 2.75) is 12.1 Å². The average Bonchev–Trinajstić information content (AvgIpc) is 3.27. The van der Waals surface area contributed by atoms with Crippen LogP contribution in [0.4, 0.5) is 5.95 Å². The second-order valence-corrected chi connectivity index (χ2v) is 7.45. The van der Waals surface area contributed by atoms with Gasteiger partial charge in [0.2, 0.25) is 5.95 Å². The van der Waals surface area contributed by atoms with E-state index in [9.17, 15) is 0 Å². The van der Waals surface area contributed by atoms with Gasteiger partial charge in [0.05, 0.1) is 5.70 Å². The molecule has 4 aromatic rings. The van der Waals surface area contributed by atoms with Crippen LogP contribution in [0.1, 0.15) is 28.8 Å². The van der Waals surface area contributed by atoms with Crippen LogP contribution in [0.15, 0.2) is 72.8 Å². The highest BCUT2D eigenvalue weighted by atomic mass is 35.5. The zero-order valence-electron chi connectivity index (χ0n) is 15.5. The van der Waals surface area contributed by atoms with Crippen molar-refractivity contribution in [2.24, 2.45) is 0 Å². The molecular weight excluding hydrogens is 402 g/mol. The highest BCUT2D eigenvalue weighted by Gasteiger charge is 2.41. The van der Waals surface area contributed by atoms with Crippen molar-refractivity contribution in [3.05, 3.63) is 94.5 Å². The lowest BCUT2D eigenvalue weighted by atomic mass is 9.85. The molecule has 3 aromatic heterocycles. The molecule has 0 aliphatic carbocycles. The van der Waals surface area contributed by atoms with Crippen molar-refractivity contribution in [3.8, 4) is 5.75 Å². The normalized spacial score (nSPS) is 19.2. The number of tetrazole rings is 1. The number of anilines is 1. The van der Waals surface area contributed by atoms with Crippen LogP contribution in [0.5, 0.6) is 5.75 Å². The van der Waals surface area contributed by atoms with Crippen LogP contribution < -0.4 is 10.1 Å². The standard InChI is InChI=1S/C21H14ClN7O/c22-14-5-6-16-15(9-14)18-17(20(30-16)13-4-2-8-24-11-13)19(12-3-1-7-23-10-12)29-21(25-18)26-27-28-29/h1-11,19-20H,(H,25,26,28)/t19-,20-/m0/s1. The van der Waals surface area contributed by atoms with Gasteiger partial charge in [-0.25, -0.2) is 0 Å². The summed E-state index contributed by atoms with van der Waals surface area (Å²) < 4.78 is 8.24. The minimum atomic E-state index is -0.391. The van der Waals surface area contributed by atoms with Crippen molar-refractivity contribution >= 4 is 23.2 Å². The molecule has 0 radical (unpaired) electrons. The van der Waals surface area contributed by atoms with E-state index in [2.05, 4.69) is 30.8 Å². The van der Waals surface area contributed by atoms with Crippen molar-refractivity contribution in [1.29, 1.82) is 0 Å². The summed E-state index contributed by atoms with van der Waals surface area (Å²) >= 11 is 6.32. The van der Waals surface area contributed by atoms with Gasteiger partial charge in [-0.3, -0.25) is 9.97 Å². The molecule has 0 saturated heterocycles. The van der Waals surface area contributed by atoms with E-state index < -0.39 is 6.10 Å². The lowest BCUT2D eigenvalue weighted by Gasteiger charge is -2.38. The van der Waals surface area contributed by atoms with Crippen LogP contribution in [0.2, 0.25) is 5.02 Å². The molecule has 8 nitrogen and oxygen atoms in total. The van der Waals surface area contributed by atoms with E-state index in [4.69, 9.17) is 16.3 Å². The number of nitrogens with one attached hydrogen (secondary N) is 1. The predicted octanol–water partition coefficient (Wildman–Crippen LogP) is 3.68. The fraction of sp³-hybridized carbons (Fsp3) is 0.0952. The summed E-state index contributed by atoms with van der Waals surface area (Å²) in [7, 11) is 0. The Morgan fingerprint density at radius 1 is 1.00 bits per heavy atom. The summed E-state index contributed by atoms with van der Waals surface area (Å²) in [5.74, 6) is 1.27. The van der Waals surface area contributed by atoms with E-state index in [1.165, 1.54) is 0 Å². The quantitative estimate of drug-likeness (QED) is 0.534. The third kappa shape index (κ3) is 2.57. The Bertz CT molecular complexity index is 1270. The second-order valence-electron chi connectivity index (χ2n) is 7.02. The molecule has 0 bridgehead atoms. The lowest BCUT2D eigenvalue weighted by Crippen LogP contribution is -2.32. The van der Waals surface area contributed by atoms with Crippen molar-refractivity contribution in [2.75, 3.05) is 5.32 Å². The first-order valence-corrected chi connectivity index (χ1v) is 9.73. The van der Waals surface area contributed by atoms with E-state index in [0.717, 1.165) is 33.7 Å². The van der Waals surface area contributed by atoms with Gasteiger partial charge < -0.3 is 10.1 Å². The molecule has 1 aromatic carbocycles. The maximum absolute atomic E-state index is 6.49. The zero-order valence-corrected chi connectivity index (χ0v) is 16.2. The zero-order chi connectivity index (χ0) is 20.1. The number of nitrogens with zero attached hydrogens (tertiary/aromatic N) is 6. The first kappa shape index (κ1) is 17.1. The predicted molar refractivity (Wildman–Crippen MR) is 110 cm³/mol. The van der Waals surface area contributed by atoms with Crippen LogP contribution in [0.25, 0.3) is 5.70 Å².